The molecule has 2 aromatic rings. The number of nitrogens with zero attached hydrogens (tertiary/aromatic N) is 1. The predicted octanol–water partition coefficient (Wildman–Crippen LogP) is 1.96. The number of para-hydroxylation sites is 1. The molecule has 3 rings (SSSR count). The molecule has 0 radical (unpaired) electrons. The monoisotopic (exact) mass is 273 g/mol. The third-order valence-corrected chi connectivity index (χ3v) is 3.05. The van der Waals surface area contributed by atoms with Crippen LogP contribution in [0.1, 0.15) is 26.7 Å². The summed E-state index contributed by atoms with van der Waals surface area (Å²) < 4.78 is 19.0. The number of anilines is 1. The number of rotatable bonds is 3. The van der Waals surface area contributed by atoms with Crippen LogP contribution < -0.4 is 4.90 Å². The molecule has 1 aromatic heterocycles. The summed E-state index contributed by atoms with van der Waals surface area (Å²) in [7, 11) is 0. The van der Waals surface area contributed by atoms with Gasteiger partial charge in [-0.25, -0.2) is 4.39 Å². The number of hydrogen-bond acceptors (Lipinski definition) is 4. The Kier molecular flexibility index (Phi) is 2.71. The first-order valence-electron chi connectivity index (χ1n) is 5.80. The van der Waals surface area contributed by atoms with E-state index in [0.29, 0.717) is 12.0 Å². The van der Waals surface area contributed by atoms with Crippen molar-refractivity contribution in [3.8, 4) is 0 Å². The Bertz CT molecular complexity index is 735. The van der Waals surface area contributed by atoms with Gasteiger partial charge in [0.15, 0.2) is 12.0 Å². The summed E-state index contributed by atoms with van der Waals surface area (Å²) in [5, 5.41) is 0. The number of furan rings is 1. The standard InChI is InChI=1S/C14H8FNO4/c15-11-3-1-2-10-12(11)16(14(19)13(10)18)6-8-4-5-9(7-17)20-8/h1-5,7H,6H2. The highest BCUT2D eigenvalue weighted by molar-refractivity contribution is 6.52. The third kappa shape index (κ3) is 1.73. The summed E-state index contributed by atoms with van der Waals surface area (Å²) in [5.74, 6) is -1.81. The van der Waals surface area contributed by atoms with Crippen molar-refractivity contribution < 1.29 is 23.2 Å². The van der Waals surface area contributed by atoms with E-state index in [4.69, 9.17) is 4.42 Å². The van der Waals surface area contributed by atoms with Crippen LogP contribution in [0.2, 0.25) is 0 Å². The van der Waals surface area contributed by atoms with Gasteiger partial charge >= 0.3 is 0 Å². The van der Waals surface area contributed by atoms with Crippen molar-refractivity contribution in [3.05, 3.63) is 53.2 Å². The zero-order valence-electron chi connectivity index (χ0n) is 10.1. The van der Waals surface area contributed by atoms with Crippen LogP contribution in [0.25, 0.3) is 0 Å². The Hall–Kier alpha value is -2.76. The number of hydrogen-bond donors (Lipinski definition) is 0. The highest BCUT2D eigenvalue weighted by Crippen LogP contribution is 2.32. The number of carbonyl (C=O) groups excluding carboxylic acids is 3. The summed E-state index contributed by atoms with van der Waals surface area (Å²) >= 11 is 0. The molecule has 2 heterocycles. The number of benzene rings is 1. The smallest absolute Gasteiger partial charge is 0.299 e. The van der Waals surface area contributed by atoms with Crippen molar-refractivity contribution in [2.24, 2.45) is 0 Å². The second-order valence-corrected chi connectivity index (χ2v) is 4.28. The van der Waals surface area contributed by atoms with E-state index in [1.165, 1.54) is 30.3 Å². The van der Waals surface area contributed by atoms with Crippen molar-refractivity contribution in [1.82, 2.24) is 0 Å². The van der Waals surface area contributed by atoms with E-state index >= 15 is 0 Å². The lowest BCUT2D eigenvalue weighted by Gasteiger charge is -2.15. The molecule has 0 aliphatic carbocycles. The molecule has 100 valence electrons. The summed E-state index contributed by atoms with van der Waals surface area (Å²) in [6, 6.07) is 6.89. The van der Waals surface area contributed by atoms with Gasteiger partial charge in [0.1, 0.15) is 11.6 Å². The number of Topliss-reactive ketones (excluding diaryl/α,β-unsaturated/α-hetero) is 1. The van der Waals surface area contributed by atoms with Crippen LogP contribution in [0.5, 0.6) is 0 Å². The van der Waals surface area contributed by atoms with Crippen LogP contribution in [0.4, 0.5) is 10.1 Å². The molecule has 0 unspecified atom stereocenters. The van der Waals surface area contributed by atoms with Gasteiger partial charge in [0.05, 0.1) is 17.8 Å². The van der Waals surface area contributed by atoms with Crippen LogP contribution in [0.3, 0.4) is 0 Å². The summed E-state index contributed by atoms with van der Waals surface area (Å²) in [5.41, 5.74) is -0.0104. The summed E-state index contributed by atoms with van der Waals surface area (Å²) in [6.07, 6.45) is 0.523. The summed E-state index contributed by atoms with van der Waals surface area (Å²) in [4.78, 5) is 35.2. The minimum absolute atomic E-state index is 0.0390. The minimum Gasteiger partial charge on any atom is -0.456 e. The van der Waals surface area contributed by atoms with Gasteiger partial charge in [-0.1, -0.05) is 6.07 Å². The third-order valence-electron chi connectivity index (χ3n) is 3.05. The van der Waals surface area contributed by atoms with Gasteiger partial charge in [-0.15, -0.1) is 0 Å². The lowest BCUT2D eigenvalue weighted by atomic mass is 10.1. The van der Waals surface area contributed by atoms with Crippen molar-refractivity contribution >= 4 is 23.7 Å². The Morgan fingerprint density at radius 2 is 2.00 bits per heavy atom. The zero-order chi connectivity index (χ0) is 14.3. The van der Waals surface area contributed by atoms with Crippen LogP contribution in [-0.4, -0.2) is 18.0 Å². The van der Waals surface area contributed by atoms with E-state index in [1.807, 2.05) is 0 Å². The van der Waals surface area contributed by atoms with Gasteiger partial charge in [-0.3, -0.25) is 19.3 Å². The quantitative estimate of drug-likeness (QED) is 0.633. The van der Waals surface area contributed by atoms with Gasteiger partial charge in [-0.05, 0) is 24.3 Å². The molecule has 0 spiro atoms. The first kappa shape index (κ1) is 12.3. The molecule has 0 N–H and O–H groups in total. The molecule has 20 heavy (non-hydrogen) atoms. The molecule has 1 aliphatic heterocycles. The van der Waals surface area contributed by atoms with Crippen LogP contribution in [0.15, 0.2) is 34.7 Å². The molecule has 1 aromatic carbocycles. The first-order valence-corrected chi connectivity index (χ1v) is 5.80. The average molecular weight is 273 g/mol. The molecule has 1 aliphatic rings. The average Bonchev–Trinajstić information content (AvgIpc) is 2.99. The van der Waals surface area contributed by atoms with Gasteiger partial charge < -0.3 is 4.42 Å². The van der Waals surface area contributed by atoms with Crippen molar-refractivity contribution in [1.29, 1.82) is 0 Å². The van der Waals surface area contributed by atoms with E-state index in [9.17, 15) is 18.8 Å². The molecule has 0 atom stereocenters. The van der Waals surface area contributed by atoms with Crippen molar-refractivity contribution in [3.63, 3.8) is 0 Å². The second kappa shape index (κ2) is 4.41. The molecule has 0 bridgehead atoms. The summed E-state index contributed by atoms with van der Waals surface area (Å²) in [6.45, 7) is -0.105. The highest BCUT2D eigenvalue weighted by Gasteiger charge is 2.38. The maximum atomic E-state index is 13.8. The molecule has 0 saturated carbocycles. The topological polar surface area (TPSA) is 67.6 Å². The van der Waals surface area contributed by atoms with Crippen LogP contribution in [-0.2, 0) is 11.3 Å². The number of aldehydes is 1. The fourth-order valence-electron chi connectivity index (χ4n) is 2.16. The number of halogens is 1. The number of amides is 1. The molecule has 6 heteroatoms. The van der Waals surface area contributed by atoms with Crippen molar-refractivity contribution in [2.45, 2.75) is 6.54 Å². The van der Waals surface area contributed by atoms with Crippen LogP contribution >= 0.6 is 0 Å². The van der Waals surface area contributed by atoms with Gasteiger partial charge in [0, 0.05) is 0 Å². The van der Waals surface area contributed by atoms with E-state index in [-0.39, 0.29) is 23.6 Å². The first-order chi connectivity index (χ1) is 9.61. The van der Waals surface area contributed by atoms with Gasteiger partial charge in [-0.2, -0.15) is 0 Å². The number of ketones is 1. The number of carbonyl (C=O) groups is 3. The SMILES string of the molecule is O=Cc1ccc(CN2C(=O)C(=O)c3cccc(F)c32)o1. The predicted molar refractivity (Wildman–Crippen MR) is 66.0 cm³/mol. The second-order valence-electron chi connectivity index (χ2n) is 4.28. The Balaban J connectivity index is 2.00. The van der Waals surface area contributed by atoms with E-state index < -0.39 is 17.5 Å². The Morgan fingerprint density at radius 1 is 1.20 bits per heavy atom. The molecule has 1 amide bonds. The van der Waals surface area contributed by atoms with Crippen molar-refractivity contribution in [2.75, 3.05) is 4.90 Å². The van der Waals surface area contributed by atoms with Crippen LogP contribution in [0, 0.1) is 5.82 Å². The van der Waals surface area contributed by atoms with Gasteiger partial charge in [0.25, 0.3) is 11.7 Å². The maximum Gasteiger partial charge on any atom is 0.299 e. The molecular weight excluding hydrogens is 265 g/mol. The lowest BCUT2D eigenvalue weighted by Crippen LogP contribution is -2.29. The molecule has 0 fully saturated rings. The molecule has 5 nitrogen and oxygen atoms in total. The lowest BCUT2D eigenvalue weighted by molar-refractivity contribution is -0.114. The zero-order valence-corrected chi connectivity index (χ0v) is 10.1. The van der Waals surface area contributed by atoms with E-state index in [0.717, 1.165) is 4.90 Å². The Morgan fingerprint density at radius 3 is 2.70 bits per heavy atom. The maximum absolute atomic E-state index is 13.8. The fourth-order valence-corrected chi connectivity index (χ4v) is 2.16. The molecule has 0 saturated heterocycles. The molecular formula is C14H8FNO4. The van der Waals surface area contributed by atoms with E-state index in [1.54, 1.807) is 0 Å². The highest BCUT2D eigenvalue weighted by atomic mass is 19.1. The largest absolute Gasteiger partial charge is 0.456 e. The fraction of sp³-hybridized carbons (Fsp3) is 0.0714. The van der Waals surface area contributed by atoms with E-state index in [2.05, 4.69) is 0 Å². The normalized spacial score (nSPS) is 13.8. The Labute approximate surface area is 112 Å². The van der Waals surface area contributed by atoms with Gasteiger partial charge in [0.2, 0.25) is 0 Å². The number of fused-ring (bicyclic) bond motifs is 1. The minimum atomic E-state index is -0.811.